The van der Waals surface area contributed by atoms with Crippen molar-refractivity contribution in [2.45, 2.75) is 44.2 Å². The number of halogens is 1. The molecule has 2 aliphatic rings. The summed E-state index contributed by atoms with van der Waals surface area (Å²) in [5.74, 6) is 0.333. The Morgan fingerprint density at radius 1 is 1.25 bits per heavy atom. The molecule has 2 aromatic rings. The molecule has 2 aliphatic carbocycles. The van der Waals surface area contributed by atoms with Crippen LogP contribution in [0.4, 0.5) is 4.39 Å². The Bertz CT molecular complexity index is 615. The minimum Gasteiger partial charge on any atom is -0.309 e. The van der Waals surface area contributed by atoms with Gasteiger partial charge in [0.05, 0.1) is 17.6 Å². The van der Waals surface area contributed by atoms with Gasteiger partial charge in [-0.1, -0.05) is 0 Å². The Kier molecular flexibility index (Phi) is 3.04. The van der Waals surface area contributed by atoms with Crippen molar-refractivity contribution >= 4 is 11.3 Å². The van der Waals surface area contributed by atoms with Crippen LogP contribution in [0.1, 0.15) is 42.2 Å². The van der Waals surface area contributed by atoms with Crippen LogP contribution in [0.15, 0.2) is 18.3 Å². The average molecular weight is 289 g/mol. The largest absolute Gasteiger partial charge is 0.309 e. The molecule has 0 aromatic carbocycles. The lowest BCUT2D eigenvalue weighted by Gasteiger charge is -2.01. The molecule has 0 bridgehead atoms. The van der Waals surface area contributed by atoms with Gasteiger partial charge in [0.2, 0.25) is 0 Å². The minimum atomic E-state index is -0.302. The van der Waals surface area contributed by atoms with Gasteiger partial charge in [0, 0.05) is 23.4 Å². The van der Waals surface area contributed by atoms with E-state index in [1.54, 1.807) is 17.4 Å². The maximum Gasteiger partial charge on any atom is 0.142 e. The molecule has 1 N–H and O–H groups in total. The second kappa shape index (κ2) is 4.90. The van der Waals surface area contributed by atoms with Crippen molar-refractivity contribution in [1.29, 1.82) is 0 Å². The molecule has 0 amide bonds. The number of rotatable bonds is 5. The zero-order valence-corrected chi connectivity index (χ0v) is 11.9. The van der Waals surface area contributed by atoms with E-state index in [-0.39, 0.29) is 5.82 Å². The molecule has 0 unspecified atom stereocenters. The molecule has 2 aromatic heterocycles. The molecule has 0 spiro atoms. The summed E-state index contributed by atoms with van der Waals surface area (Å²) in [4.78, 5) is 10.2. The Labute approximate surface area is 121 Å². The number of hydrogen-bond donors (Lipinski definition) is 1. The van der Waals surface area contributed by atoms with E-state index in [1.165, 1.54) is 48.5 Å². The highest BCUT2D eigenvalue weighted by Crippen LogP contribution is 2.44. The van der Waals surface area contributed by atoms with E-state index in [0.717, 1.165) is 17.2 Å². The molecule has 2 saturated carbocycles. The molecule has 5 heteroatoms. The lowest BCUT2D eigenvalue weighted by molar-refractivity contribution is 0.622. The van der Waals surface area contributed by atoms with Gasteiger partial charge in [0.25, 0.3) is 0 Å². The van der Waals surface area contributed by atoms with Gasteiger partial charge in [-0.3, -0.25) is 4.98 Å². The molecule has 20 heavy (non-hydrogen) atoms. The van der Waals surface area contributed by atoms with Gasteiger partial charge in [-0.25, -0.2) is 9.37 Å². The first kappa shape index (κ1) is 12.4. The van der Waals surface area contributed by atoms with Crippen LogP contribution in [0.25, 0.3) is 10.7 Å². The van der Waals surface area contributed by atoms with E-state index in [1.807, 2.05) is 0 Å². The molecule has 0 radical (unpaired) electrons. The second-order valence-electron chi connectivity index (χ2n) is 5.62. The molecule has 0 aliphatic heterocycles. The van der Waals surface area contributed by atoms with Gasteiger partial charge in [-0.05, 0) is 37.8 Å². The normalized spacial score (nSPS) is 18.4. The Hall–Kier alpha value is -1.33. The minimum absolute atomic E-state index is 0.302. The van der Waals surface area contributed by atoms with Gasteiger partial charge >= 0.3 is 0 Å². The molecular weight excluding hydrogens is 273 g/mol. The fourth-order valence-electron chi connectivity index (χ4n) is 2.30. The SMILES string of the molecule is Fc1ccc(-c2nc(C3CC3)c(CNC3CC3)s2)nc1. The van der Waals surface area contributed by atoms with Crippen molar-refractivity contribution in [1.82, 2.24) is 15.3 Å². The van der Waals surface area contributed by atoms with E-state index in [2.05, 4.69) is 10.3 Å². The molecule has 3 nitrogen and oxygen atoms in total. The highest BCUT2D eigenvalue weighted by atomic mass is 32.1. The van der Waals surface area contributed by atoms with Crippen LogP contribution >= 0.6 is 11.3 Å². The monoisotopic (exact) mass is 289 g/mol. The quantitative estimate of drug-likeness (QED) is 0.916. The summed E-state index contributed by atoms with van der Waals surface area (Å²) in [6.07, 6.45) is 6.34. The molecule has 2 heterocycles. The van der Waals surface area contributed by atoms with E-state index < -0.39 is 0 Å². The highest BCUT2D eigenvalue weighted by Gasteiger charge is 2.30. The van der Waals surface area contributed by atoms with Gasteiger partial charge < -0.3 is 5.32 Å². The third kappa shape index (κ3) is 2.60. The molecular formula is C15H16FN3S. The van der Waals surface area contributed by atoms with Crippen LogP contribution in [-0.2, 0) is 6.54 Å². The fourth-order valence-corrected chi connectivity index (χ4v) is 3.38. The van der Waals surface area contributed by atoms with Crippen LogP contribution in [0.3, 0.4) is 0 Å². The topological polar surface area (TPSA) is 37.8 Å². The molecule has 104 valence electrons. The summed E-state index contributed by atoms with van der Waals surface area (Å²) in [6.45, 7) is 0.912. The van der Waals surface area contributed by atoms with Gasteiger partial charge in [-0.15, -0.1) is 11.3 Å². The molecule has 2 fully saturated rings. The summed E-state index contributed by atoms with van der Waals surface area (Å²) < 4.78 is 13.0. The van der Waals surface area contributed by atoms with Crippen molar-refractivity contribution < 1.29 is 4.39 Å². The number of nitrogens with zero attached hydrogens (tertiary/aromatic N) is 2. The van der Waals surface area contributed by atoms with Crippen molar-refractivity contribution in [3.8, 4) is 10.7 Å². The predicted octanol–water partition coefficient (Wildman–Crippen LogP) is 3.47. The highest BCUT2D eigenvalue weighted by molar-refractivity contribution is 7.15. The summed E-state index contributed by atoms with van der Waals surface area (Å²) >= 11 is 1.70. The van der Waals surface area contributed by atoms with E-state index in [0.29, 0.717) is 12.0 Å². The number of aromatic nitrogens is 2. The Morgan fingerprint density at radius 2 is 2.10 bits per heavy atom. The van der Waals surface area contributed by atoms with Crippen LogP contribution < -0.4 is 5.32 Å². The molecule has 0 atom stereocenters. The standard InChI is InChI=1S/C15H16FN3S/c16-10-3-6-12(18-7-10)15-19-14(9-1-2-9)13(20-15)8-17-11-4-5-11/h3,6-7,9,11,17H,1-2,4-5,8H2. The summed E-state index contributed by atoms with van der Waals surface area (Å²) in [6, 6.07) is 3.86. The van der Waals surface area contributed by atoms with Crippen LogP contribution in [0.5, 0.6) is 0 Å². The van der Waals surface area contributed by atoms with E-state index in [9.17, 15) is 4.39 Å². The van der Waals surface area contributed by atoms with Crippen molar-refractivity contribution in [3.63, 3.8) is 0 Å². The van der Waals surface area contributed by atoms with Gasteiger partial charge in [0.15, 0.2) is 0 Å². The lowest BCUT2D eigenvalue weighted by atomic mass is 10.2. The first-order valence-electron chi connectivity index (χ1n) is 7.14. The zero-order valence-electron chi connectivity index (χ0n) is 11.1. The summed E-state index contributed by atoms with van der Waals surface area (Å²) in [5.41, 5.74) is 2.01. The van der Waals surface area contributed by atoms with Crippen LogP contribution in [0.2, 0.25) is 0 Å². The first-order valence-corrected chi connectivity index (χ1v) is 7.96. The summed E-state index contributed by atoms with van der Waals surface area (Å²) in [5, 5.41) is 4.48. The zero-order chi connectivity index (χ0) is 13.5. The summed E-state index contributed by atoms with van der Waals surface area (Å²) in [7, 11) is 0. The maximum atomic E-state index is 13.0. The second-order valence-corrected chi connectivity index (χ2v) is 6.70. The van der Waals surface area contributed by atoms with Gasteiger partial charge in [-0.2, -0.15) is 0 Å². The average Bonchev–Trinajstić information content (AvgIpc) is 3.37. The van der Waals surface area contributed by atoms with E-state index >= 15 is 0 Å². The number of pyridine rings is 1. The lowest BCUT2D eigenvalue weighted by Crippen LogP contribution is -2.15. The third-order valence-electron chi connectivity index (χ3n) is 3.77. The molecule has 4 rings (SSSR count). The Balaban J connectivity index is 1.62. The Morgan fingerprint density at radius 3 is 2.75 bits per heavy atom. The third-order valence-corrected chi connectivity index (χ3v) is 4.86. The fraction of sp³-hybridized carbons (Fsp3) is 0.467. The maximum absolute atomic E-state index is 13.0. The first-order chi connectivity index (χ1) is 9.79. The number of nitrogens with one attached hydrogen (secondary N) is 1. The van der Waals surface area contributed by atoms with Crippen molar-refractivity contribution in [3.05, 3.63) is 34.7 Å². The van der Waals surface area contributed by atoms with Crippen LogP contribution in [-0.4, -0.2) is 16.0 Å². The number of hydrogen-bond acceptors (Lipinski definition) is 4. The predicted molar refractivity (Wildman–Crippen MR) is 77.1 cm³/mol. The van der Waals surface area contributed by atoms with E-state index in [4.69, 9.17) is 4.98 Å². The van der Waals surface area contributed by atoms with Crippen LogP contribution in [0, 0.1) is 5.82 Å². The number of thiazole rings is 1. The molecule has 0 saturated heterocycles. The van der Waals surface area contributed by atoms with Crippen molar-refractivity contribution in [2.75, 3.05) is 0 Å². The van der Waals surface area contributed by atoms with Crippen molar-refractivity contribution in [2.24, 2.45) is 0 Å². The smallest absolute Gasteiger partial charge is 0.142 e. The van der Waals surface area contributed by atoms with Gasteiger partial charge in [0.1, 0.15) is 10.8 Å².